The summed E-state index contributed by atoms with van der Waals surface area (Å²) in [5.41, 5.74) is 0.0185. The van der Waals surface area contributed by atoms with Gasteiger partial charge < -0.3 is 5.32 Å². The van der Waals surface area contributed by atoms with Gasteiger partial charge in [0.15, 0.2) is 11.6 Å². The molecule has 1 aromatic heterocycles. The van der Waals surface area contributed by atoms with E-state index in [0.29, 0.717) is 21.6 Å². The molecule has 0 saturated carbocycles. The Bertz CT molecular complexity index is 790. The Kier molecular flexibility index (Phi) is 3.24. The van der Waals surface area contributed by atoms with E-state index in [-0.39, 0.29) is 5.69 Å². The first-order valence-corrected chi connectivity index (χ1v) is 6.20. The Morgan fingerprint density at radius 2 is 1.90 bits per heavy atom. The smallest absolute Gasteiger partial charge is 0.182 e. The lowest BCUT2D eigenvalue weighted by Gasteiger charge is -2.10. The van der Waals surface area contributed by atoms with Gasteiger partial charge in [-0.3, -0.25) is 0 Å². The molecule has 0 bridgehead atoms. The van der Waals surface area contributed by atoms with E-state index in [1.54, 1.807) is 18.2 Å². The lowest BCUT2D eigenvalue weighted by molar-refractivity contribution is 0.512. The minimum atomic E-state index is -0.947. The van der Waals surface area contributed by atoms with Crippen molar-refractivity contribution < 1.29 is 8.78 Å². The van der Waals surface area contributed by atoms with E-state index in [4.69, 9.17) is 11.6 Å². The molecule has 1 heterocycles. The molecule has 0 spiro atoms. The number of nitrogens with one attached hydrogen (secondary N) is 1. The molecule has 2 nitrogen and oxygen atoms in total. The Labute approximate surface area is 119 Å². The fraction of sp³-hybridized carbons (Fsp3) is 0. The van der Waals surface area contributed by atoms with Crippen molar-refractivity contribution >= 4 is 33.9 Å². The van der Waals surface area contributed by atoms with Crippen LogP contribution in [0.3, 0.4) is 0 Å². The molecular formula is C15H8ClF2N2. The van der Waals surface area contributed by atoms with E-state index >= 15 is 0 Å². The molecule has 0 aliphatic carbocycles. The van der Waals surface area contributed by atoms with Gasteiger partial charge in [0.25, 0.3) is 0 Å². The van der Waals surface area contributed by atoms with Gasteiger partial charge in [0.2, 0.25) is 0 Å². The lowest BCUT2D eigenvalue weighted by Crippen LogP contribution is -1.98. The molecular weight excluding hydrogens is 282 g/mol. The largest absolute Gasteiger partial charge is 0.337 e. The van der Waals surface area contributed by atoms with Crippen LogP contribution in [0.25, 0.3) is 10.8 Å². The summed E-state index contributed by atoms with van der Waals surface area (Å²) in [5.74, 6) is -1.47. The third kappa shape index (κ3) is 2.18. The van der Waals surface area contributed by atoms with E-state index < -0.39 is 11.6 Å². The number of halogens is 3. The highest BCUT2D eigenvalue weighted by atomic mass is 35.5. The second-order valence-electron chi connectivity index (χ2n) is 4.14. The zero-order valence-electron chi connectivity index (χ0n) is 10.1. The molecule has 0 unspecified atom stereocenters. The summed E-state index contributed by atoms with van der Waals surface area (Å²) in [4.78, 5) is 4.10. The van der Waals surface area contributed by atoms with Gasteiger partial charge in [-0.05, 0) is 18.2 Å². The highest BCUT2D eigenvalue weighted by Gasteiger charge is 2.10. The fourth-order valence-corrected chi connectivity index (χ4v) is 2.16. The summed E-state index contributed by atoms with van der Waals surface area (Å²) in [6.45, 7) is 0. The van der Waals surface area contributed by atoms with Crippen LogP contribution in [0.4, 0.5) is 20.3 Å². The third-order valence-corrected chi connectivity index (χ3v) is 3.19. The second kappa shape index (κ2) is 5.06. The Hall–Kier alpha value is -2.20. The number of aromatic nitrogens is 1. The number of benzene rings is 2. The minimum Gasteiger partial charge on any atom is -0.337 e. The maximum atomic E-state index is 13.7. The number of nitrogens with zero attached hydrogens (tertiary/aromatic N) is 1. The summed E-state index contributed by atoms with van der Waals surface area (Å²) in [5, 5.41) is 4.65. The van der Waals surface area contributed by atoms with Crippen LogP contribution < -0.4 is 5.32 Å². The maximum Gasteiger partial charge on any atom is 0.182 e. The third-order valence-electron chi connectivity index (χ3n) is 2.88. The first-order chi connectivity index (χ1) is 9.66. The zero-order chi connectivity index (χ0) is 14.1. The van der Waals surface area contributed by atoms with Crippen LogP contribution in [0.2, 0.25) is 5.02 Å². The molecule has 1 radical (unpaired) electrons. The molecule has 0 saturated heterocycles. The molecule has 3 aromatic rings. The zero-order valence-corrected chi connectivity index (χ0v) is 10.9. The maximum absolute atomic E-state index is 13.7. The molecule has 5 heteroatoms. The van der Waals surface area contributed by atoms with Crippen molar-refractivity contribution in [3.8, 4) is 0 Å². The van der Waals surface area contributed by atoms with Crippen molar-refractivity contribution in [3.05, 3.63) is 65.3 Å². The molecule has 2 aromatic carbocycles. The normalized spacial score (nSPS) is 10.8. The van der Waals surface area contributed by atoms with Crippen LogP contribution in [-0.4, -0.2) is 4.98 Å². The molecule has 0 aliphatic heterocycles. The quantitative estimate of drug-likeness (QED) is 0.739. The predicted molar refractivity (Wildman–Crippen MR) is 75.2 cm³/mol. The first kappa shape index (κ1) is 12.8. The summed E-state index contributed by atoms with van der Waals surface area (Å²) in [7, 11) is 0. The van der Waals surface area contributed by atoms with Crippen molar-refractivity contribution in [2.24, 2.45) is 0 Å². The highest BCUT2D eigenvalue weighted by molar-refractivity contribution is 6.35. The van der Waals surface area contributed by atoms with Crippen LogP contribution >= 0.6 is 11.6 Å². The van der Waals surface area contributed by atoms with Gasteiger partial charge in [-0.15, -0.1) is 0 Å². The fourth-order valence-electron chi connectivity index (χ4n) is 1.93. The predicted octanol–water partition coefficient (Wildman–Crippen LogP) is 4.71. The van der Waals surface area contributed by atoms with Crippen molar-refractivity contribution in [1.82, 2.24) is 4.98 Å². The number of pyridine rings is 1. The molecule has 3 rings (SSSR count). The first-order valence-electron chi connectivity index (χ1n) is 5.83. The number of rotatable bonds is 2. The Balaban J connectivity index is 2.12. The van der Waals surface area contributed by atoms with Gasteiger partial charge in [-0.25, -0.2) is 13.8 Å². The minimum absolute atomic E-state index is 0.0185. The van der Waals surface area contributed by atoms with E-state index in [1.807, 2.05) is 0 Å². The number of fused-ring (bicyclic) bond motifs is 1. The van der Waals surface area contributed by atoms with Gasteiger partial charge in [0.05, 0.1) is 5.69 Å². The summed E-state index contributed by atoms with van der Waals surface area (Å²) in [6, 6.07) is 12.1. The van der Waals surface area contributed by atoms with E-state index in [2.05, 4.69) is 16.4 Å². The average molecular weight is 290 g/mol. The average Bonchev–Trinajstić information content (AvgIpc) is 2.45. The van der Waals surface area contributed by atoms with Crippen molar-refractivity contribution in [3.63, 3.8) is 0 Å². The van der Waals surface area contributed by atoms with Crippen LogP contribution in [0, 0.1) is 17.7 Å². The van der Waals surface area contributed by atoms with Crippen LogP contribution in [0.5, 0.6) is 0 Å². The summed E-state index contributed by atoms with van der Waals surface area (Å²) in [6.07, 6.45) is 1.44. The van der Waals surface area contributed by atoms with Gasteiger partial charge >= 0.3 is 0 Å². The standard InChI is InChI=1S/C15H8ClF2N2/c16-11-4-1-3-10-9(11)7-8-19-15(10)20-13-6-2-5-12(17)14(13)18/h1-6,8H,(H,19,20). The second-order valence-corrected chi connectivity index (χ2v) is 4.55. The Morgan fingerprint density at radius 3 is 2.75 bits per heavy atom. The number of hydrogen-bond acceptors (Lipinski definition) is 2. The van der Waals surface area contributed by atoms with E-state index in [1.165, 1.54) is 18.3 Å². The molecule has 0 aliphatic rings. The molecule has 20 heavy (non-hydrogen) atoms. The SMILES string of the molecule is Fc1cccc(Nc2nc[c]c3c(Cl)cccc23)c1F. The molecule has 0 atom stereocenters. The van der Waals surface area contributed by atoms with Gasteiger partial charge in [0.1, 0.15) is 5.82 Å². The Morgan fingerprint density at radius 1 is 1.10 bits per heavy atom. The van der Waals surface area contributed by atoms with Gasteiger partial charge in [-0.2, -0.15) is 0 Å². The monoisotopic (exact) mass is 289 g/mol. The summed E-state index contributed by atoms with van der Waals surface area (Å²) < 4.78 is 26.9. The van der Waals surface area contributed by atoms with Crippen LogP contribution in [0.1, 0.15) is 0 Å². The molecule has 99 valence electrons. The topological polar surface area (TPSA) is 24.9 Å². The molecule has 0 fully saturated rings. The van der Waals surface area contributed by atoms with Crippen molar-refractivity contribution in [2.75, 3.05) is 5.32 Å². The van der Waals surface area contributed by atoms with Gasteiger partial charge in [0, 0.05) is 28.1 Å². The summed E-state index contributed by atoms with van der Waals surface area (Å²) >= 11 is 6.07. The van der Waals surface area contributed by atoms with Gasteiger partial charge in [-0.1, -0.05) is 29.8 Å². The van der Waals surface area contributed by atoms with Crippen LogP contribution in [0.15, 0.2) is 42.6 Å². The highest BCUT2D eigenvalue weighted by Crippen LogP contribution is 2.29. The van der Waals surface area contributed by atoms with Crippen molar-refractivity contribution in [2.45, 2.75) is 0 Å². The lowest BCUT2D eigenvalue weighted by atomic mass is 10.1. The van der Waals surface area contributed by atoms with E-state index in [9.17, 15) is 8.78 Å². The van der Waals surface area contributed by atoms with E-state index in [0.717, 1.165) is 6.07 Å². The van der Waals surface area contributed by atoms with Crippen molar-refractivity contribution in [1.29, 1.82) is 0 Å². The number of anilines is 2. The number of hydrogen-bond donors (Lipinski definition) is 1. The van der Waals surface area contributed by atoms with Crippen LogP contribution in [-0.2, 0) is 0 Å². The molecule has 1 N–H and O–H groups in total. The molecule has 0 amide bonds.